The second-order valence-electron chi connectivity index (χ2n) is 6.71. The minimum atomic E-state index is -0.471. The van der Waals surface area contributed by atoms with Crippen molar-refractivity contribution in [3.63, 3.8) is 0 Å². The Hall–Kier alpha value is -4.34. The van der Waals surface area contributed by atoms with E-state index in [1.54, 1.807) is 43.7 Å². The van der Waals surface area contributed by atoms with Gasteiger partial charge in [0.1, 0.15) is 5.69 Å². The van der Waals surface area contributed by atoms with Crippen molar-refractivity contribution >= 4 is 29.0 Å². The van der Waals surface area contributed by atoms with Gasteiger partial charge in [0.25, 0.3) is 0 Å². The molecule has 0 aliphatic carbocycles. The van der Waals surface area contributed by atoms with Crippen molar-refractivity contribution < 1.29 is 14.3 Å². The largest absolute Gasteiger partial charge is 0.461 e. The highest BCUT2D eigenvalue weighted by Crippen LogP contribution is 2.32. The van der Waals surface area contributed by atoms with E-state index in [9.17, 15) is 9.59 Å². The van der Waals surface area contributed by atoms with Crippen LogP contribution in [0.1, 0.15) is 24.3 Å². The number of carbonyl (C=O) groups excluding carboxylic acids is 2. The number of aromatic nitrogens is 5. The third kappa shape index (κ3) is 4.38. The van der Waals surface area contributed by atoms with E-state index in [2.05, 4.69) is 35.6 Å². The van der Waals surface area contributed by atoms with Gasteiger partial charge >= 0.3 is 12.0 Å². The molecule has 1 aromatic carbocycles. The molecule has 2 amide bonds. The zero-order valence-electron chi connectivity index (χ0n) is 17.5. The molecule has 0 saturated heterocycles. The lowest BCUT2D eigenvalue weighted by molar-refractivity contribution is 0.0519. The fourth-order valence-corrected chi connectivity index (χ4v) is 3.16. The van der Waals surface area contributed by atoms with E-state index in [4.69, 9.17) is 4.74 Å². The van der Waals surface area contributed by atoms with Gasteiger partial charge in [0, 0.05) is 36.3 Å². The number of amides is 2. The van der Waals surface area contributed by atoms with Gasteiger partial charge in [0.2, 0.25) is 5.95 Å². The molecule has 10 nitrogen and oxygen atoms in total. The number of hydrogen-bond acceptors (Lipinski definition) is 7. The molecule has 0 aliphatic rings. The number of esters is 1. The summed E-state index contributed by atoms with van der Waals surface area (Å²) in [6.45, 7) is 4.35. The molecule has 0 aliphatic heterocycles. The number of carbonyl (C=O) groups is 2. The molecule has 3 aromatic heterocycles. The lowest BCUT2D eigenvalue weighted by Gasteiger charge is -2.07. The minimum Gasteiger partial charge on any atom is -0.461 e. The first kappa shape index (κ1) is 20.9. The molecule has 10 heteroatoms. The highest BCUT2D eigenvalue weighted by Gasteiger charge is 2.16. The third-order valence-electron chi connectivity index (χ3n) is 4.55. The summed E-state index contributed by atoms with van der Waals surface area (Å²) in [6, 6.07) is 8.55. The van der Waals surface area contributed by atoms with Crippen LogP contribution in [0, 0.1) is 0 Å². The predicted octanol–water partition coefficient (Wildman–Crippen LogP) is 3.40. The van der Waals surface area contributed by atoms with Crippen LogP contribution in [-0.2, 0) is 4.74 Å². The van der Waals surface area contributed by atoms with Crippen LogP contribution in [0.5, 0.6) is 0 Å². The minimum absolute atomic E-state index is 0.233. The molecule has 0 saturated carbocycles. The Kier molecular flexibility index (Phi) is 6.02. The molecular weight excluding hydrogens is 410 g/mol. The average molecular weight is 431 g/mol. The number of nitrogens with one attached hydrogen (secondary N) is 3. The zero-order chi connectivity index (χ0) is 22.5. The van der Waals surface area contributed by atoms with Gasteiger partial charge in [0.15, 0.2) is 5.82 Å². The van der Waals surface area contributed by atoms with E-state index in [0.29, 0.717) is 34.9 Å². The molecule has 4 aromatic rings. The fraction of sp³-hybridized carbons (Fsp3) is 0.182. The molecule has 0 atom stereocenters. The molecule has 0 bridgehead atoms. The maximum Gasteiger partial charge on any atom is 0.356 e. The second kappa shape index (κ2) is 9.21. The summed E-state index contributed by atoms with van der Waals surface area (Å²) in [5.41, 5.74) is 3.83. The number of urea groups is 1. The Morgan fingerprint density at radius 1 is 1.06 bits per heavy atom. The SMILES string of the molecule is CCNC(=O)Nc1nc2cc(-c3ccc(C(=O)OCC)nc3)cc(-c3ncccn3)c2[nH]1. The van der Waals surface area contributed by atoms with Crippen molar-refractivity contribution in [1.29, 1.82) is 0 Å². The van der Waals surface area contributed by atoms with Gasteiger partial charge in [-0.3, -0.25) is 5.32 Å². The number of ether oxygens (including phenoxy) is 1. The Morgan fingerprint density at radius 2 is 1.88 bits per heavy atom. The van der Waals surface area contributed by atoms with E-state index >= 15 is 0 Å². The summed E-state index contributed by atoms with van der Waals surface area (Å²) in [7, 11) is 0. The summed E-state index contributed by atoms with van der Waals surface area (Å²) in [4.78, 5) is 44.4. The third-order valence-corrected chi connectivity index (χ3v) is 4.55. The Bertz CT molecular complexity index is 1250. The van der Waals surface area contributed by atoms with Crippen molar-refractivity contribution in [2.24, 2.45) is 0 Å². The highest BCUT2D eigenvalue weighted by atomic mass is 16.5. The van der Waals surface area contributed by atoms with Crippen LogP contribution in [-0.4, -0.2) is 50.1 Å². The van der Waals surface area contributed by atoms with E-state index in [0.717, 1.165) is 11.1 Å². The van der Waals surface area contributed by atoms with Gasteiger partial charge in [-0.1, -0.05) is 6.07 Å². The Labute approximate surface area is 183 Å². The standard InChI is InChI=1S/C22H21N7O3/c1-3-23-22(31)29-21-27-17-11-14(13-6-7-16(26-12-13)20(30)32-4-2)10-15(18(17)28-21)19-24-8-5-9-25-19/h5-12H,3-4H2,1-2H3,(H3,23,27,28,29,31). The van der Waals surface area contributed by atoms with Gasteiger partial charge in [0.05, 0.1) is 17.6 Å². The summed E-state index contributed by atoms with van der Waals surface area (Å²) in [5.74, 6) is 0.334. The number of aromatic amines is 1. The lowest BCUT2D eigenvalue weighted by Crippen LogP contribution is -2.28. The summed E-state index contributed by atoms with van der Waals surface area (Å²) in [6.07, 6.45) is 4.91. The monoisotopic (exact) mass is 431 g/mol. The van der Waals surface area contributed by atoms with Crippen LogP contribution in [0.25, 0.3) is 33.5 Å². The van der Waals surface area contributed by atoms with Crippen LogP contribution in [0.2, 0.25) is 0 Å². The smallest absolute Gasteiger partial charge is 0.356 e. The van der Waals surface area contributed by atoms with Crippen molar-refractivity contribution in [3.05, 3.63) is 54.6 Å². The quantitative estimate of drug-likeness (QED) is 0.398. The summed E-state index contributed by atoms with van der Waals surface area (Å²) < 4.78 is 4.99. The first-order valence-corrected chi connectivity index (χ1v) is 10.1. The molecule has 3 heterocycles. The number of rotatable bonds is 6. The van der Waals surface area contributed by atoms with Gasteiger partial charge in [-0.2, -0.15) is 0 Å². The van der Waals surface area contributed by atoms with E-state index in [1.807, 2.05) is 19.1 Å². The number of hydrogen-bond donors (Lipinski definition) is 3. The number of fused-ring (bicyclic) bond motifs is 1. The maximum absolute atomic E-state index is 11.9. The van der Waals surface area contributed by atoms with Crippen LogP contribution in [0.3, 0.4) is 0 Å². The summed E-state index contributed by atoms with van der Waals surface area (Å²) in [5, 5.41) is 5.35. The van der Waals surface area contributed by atoms with Crippen LogP contribution in [0.4, 0.5) is 10.7 Å². The molecule has 0 fully saturated rings. The first-order valence-electron chi connectivity index (χ1n) is 10.1. The van der Waals surface area contributed by atoms with E-state index in [1.165, 1.54) is 0 Å². The number of H-pyrrole nitrogens is 1. The van der Waals surface area contributed by atoms with Crippen molar-refractivity contribution in [2.75, 3.05) is 18.5 Å². The van der Waals surface area contributed by atoms with Gasteiger partial charge < -0.3 is 15.0 Å². The van der Waals surface area contributed by atoms with Crippen molar-refractivity contribution in [2.45, 2.75) is 13.8 Å². The number of imidazole rings is 1. The Morgan fingerprint density at radius 3 is 2.56 bits per heavy atom. The molecular formula is C22H21N7O3. The number of nitrogens with zero attached hydrogens (tertiary/aromatic N) is 4. The molecule has 4 rings (SSSR count). The normalized spacial score (nSPS) is 10.7. The number of pyridine rings is 1. The van der Waals surface area contributed by atoms with Crippen LogP contribution in [0.15, 0.2) is 48.9 Å². The highest BCUT2D eigenvalue weighted by molar-refractivity contribution is 5.97. The maximum atomic E-state index is 11.9. The Balaban J connectivity index is 1.78. The van der Waals surface area contributed by atoms with Crippen molar-refractivity contribution in [3.8, 4) is 22.5 Å². The topological polar surface area (TPSA) is 135 Å². The predicted molar refractivity (Wildman–Crippen MR) is 119 cm³/mol. The molecule has 0 unspecified atom stereocenters. The zero-order valence-corrected chi connectivity index (χ0v) is 17.5. The second-order valence-corrected chi connectivity index (χ2v) is 6.71. The van der Waals surface area contributed by atoms with Gasteiger partial charge in [-0.25, -0.2) is 29.5 Å². The van der Waals surface area contributed by atoms with E-state index in [-0.39, 0.29) is 18.3 Å². The van der Waals surface area contributed by atoms with E-state index < -0.39 is 5.97 Å². The lowest BCUT2D eigenvalue weighted by atomic mass is 10.0. The first-order chi connectivity index (χ1) is 15.6. The van der Waals surface area contributed by atoms with Gasteiger partial charge in [-0.05, 0) is 43.7 Å². The van der Waals surface area contributed by atoms with Crippen molar-refractivity contribution in [1.82, 2.24) is 30.2 Å². The number of anilines is 1. The van der Waals surface area contributed by atoms with Gasteiger partial charge in [-0.15, -0.1) is 0 Å². The molecule has 0 spiro atoms. The fourth-order valence-electron chi connectivity index (χ4n) is 3.16. The van der Waals surface area contributed by atoms with Crippen LogP contribution >= 0.6 is 0 Å². The summed E-state index contributed by atoms with van der Waals surface area (Å²) >= 11 is 0. The molecule has 32 heavy (non-hydrogen) atoms. The van der Waals surface area contributed by atoms with Crippen LogP contribution < -0.4 is 10.6 Å². The number of benzene rings is 1. The average Bonchev–Trinajstić information content (AvgIpc) is 3.21. The molecule has 162 valence electrons. The molecule has 3 N–H and O–H groups in total. The molecule has 0 radical (unpaired) electrons.